The van der Waals surface area contributed by atoms with Crippen LogP contribution in [-0.4, -0.2) is 29.3 Å². The van der Waals surface area contributed by atoms with Crippen LogP contribution in [-0.2, 0) is 19.7 Å². The van der Waals surface area contributed by atoms with Crippen LogP contribution >= 0.6 is 0 Å². The molecule has 174 valence electrons. The van der Waals surface area contributed by atoms with Gasteiger partial charge in [-0.1, -0.05) is 91.0 Å². The number of rotatable bonds is 12. The summed E-state index contributed by atoms with van der Waals surface area (Å²) >= 11 is 0. The second kappa shape index (κ2) is 12.6. The van der Waals surface area contributed by atoms with Crippen LogP contribution in [0, 0.1) is 0 Å². The van der Waals surface area contributed by atoms with Gasteiger partial charge in [-0.3, -0.25) is 4.90 Å². The van der Waals surface area contributed by atoms with Crippen molar-refractivity contribution >= 4 is 0 Å². The summed E-state index contributed by atoms with van der Waals surface area (Å²) in [7, 11) is 0. The Labute approximate surface area is 202 Å². The van der Waals surface area contributed by atoms with E-state index in [1.165, 1.54) is 11.1 Å². The summed E-state index contributed by atoms with van der Waals surface area (Å²) in [5, 5.41) is 10.7. The van der Waals surface area contributed by atoms with Gasteiger partial charge in [0.15, 0.2) is 0 Å². The molecule has 0 bridgehead atoms. The first-order chi connectivity index (χ1) is 16.7. The number of ether oxygens (including phenoxy) is 2. The lowest BCUT2D eigenvalue weighted by atomic mass is 10.1. The highest BCUT2D eigenvalue weighted by Crippen LogP contribution is 2.19. The molecule has 0 aromatic heterocycles. The molecule has 4 aromatic rings. The maximum atomic E-state index is 10.7. The third kappa shape index (κ3) is 7.77. The molecule has 4 rings (SSSR count). The molecule has 4 aromatic carbocycles. The van der Waals surface area contributed by atoms with Crippen LogP contribution in [0.15, 0.2) is 115 Å². The summed E-state index contributed by atoms with van der Waals surface area (Å²) in [6.45, 7) is 2.80. The van der Waals surface area contributed by atoms with Crippen LogP contribution in [0.1, 0.15) is 16.7 Å². The van der Waals surface area contributed by atoms with Crippen LogP contribution in [0.2, 0.25) is 0 Å². The zero-order chi connectivity index (χ0) is 23.4. The normalized spacial score (nSPS) is 11.8. The van der Waals surface area contributed by atoms with Crippen molar-refractivity contribution in [2.45, 2.75) is 25.8 Å². The van der Waals surface area contributed by atoms with Gasteiger partial charge in [-0.05, 0) is 41.0 Å². The maximum absolute atomic E-state index is 10.7. The molecule has 0 amide bonds. The molecular formula is C30H31NO3. The van der Waals surface area contributed by atoms with E-state index in [0.717, 1.165) is 24.4 Å². The predicted molar refractivity (Wildman–Crippen MR) is 136 cm³/mol. The number of aliphatic hydroxyl groups excluding tert-OH is 1. The molecule has 0 heterocycles. The molecule has 0 aliphatic heterocycles. The Balaban J connectivity index is 1.28. The first-order valence-electron chi connectivity index (χ1n) is 11.6. The van der Waals surface area contributed by atoms with Gasteiger partial charge in [0.05, 0.1) is 0 Å². The van der Waals surface area contributed by atoms with Crippen molar-refractivity contribution < 1.29 is 14.6 Å². The Morgan fingerprint density at radius 3 is 1.50 bits per heavy atom. The van der Waals surface area contributed by atoms with E-state index >= 15 is 0 Å². The minimum absolute atomic E-state index is 0.226. The van der Waals surface area contributed by atoms with Gasteiger partial charge in [-0.2, -0.15) is 0 Å². The minimum atomic E-state index is -0.610. The van der Waals surface area contributed by atoms with Gasteiger partial charge in [0, 0.05) is 19.6 Å². The highest BCUT2D eigenvalue weighted by atomic mass is 16.5. The number of benzene rings is 4. The highest BCUT2D eigenvalue weighted by Gasteiger charge is 2.14. The van der Waals surface area contributed by atoms with Gasteiger partial charge in [-0.25, -0.2) is 0 Å². The van der Waals surface area contributed by atoms with Crippen molar-refractivity contribution in [1.82, 2.24) is 4.90 Å². The standard InChI is InChI=1S/C30H31NO3/c32-28(22-31(20-25-10-4-1-5-11-25)21-26-12-6-2-7-13-26)24-34-30-18-16-29(17-19-30)33-23-27-14-8-3-9-15-27/h1-19,28,32H,20-24H2/t28-/m0/s1. The van der Waals surface area contributed by atoms with Crippen LogP contribution in [0.5, 0.6) is 11.5 Å². The number of aliphatic hydroxyl groups is 1. The number of nitrogens with zero attached hydrogens (tertiary/aromatic N) is 1. The van der Waals surface area contributed by atoms with E-state index in [-0.39, 0.29) is 6.61 Å². The first kappa shape index (κ1) is 23.6. The van der Waals surface area contributed by atoms with E-state index in [1.54, 1.807) is 0 Å². The molecule has 0 radical (unpaired) electrons. The van der Waals surface area contributed by atoms with Crippen LogP contribution in [0.4, 0.5) is 0 Å². The first-order valence-corrected chi connectivity index (χ1v) is 11.6. The smallest absolute Gasteiger partial charge is 0.120 e. The maximum Gasteiger partial charge on any atom is 0.120 e. The molecule has 0 aliphatic rings. The van der Waals surface area contributed by atoms with Crippen LogP contribution in [0.25, 0.3) is 0 Å². The van der Waals surface area contributed by atoms with Gasteiger partial charge >= 0.3 is 0 Å². The lowest BCUT2D eigenvalue weighted by Crippen LogP contribution is -2.35. The van der Waals surface area contributed by atoms with E-state index in [4.69, 9.17) is 9.47 Å². The van der Waals surface area contributed by atoms with E-state index in [0.29, 0.717) is 18.9 Å². The molecule has 34 heavy (non-hydrogen) atoms. The molecule has 0 saturated carbocycles. The second-order valence-electron chi connectivity index (χ2n) is 8.35. The van der Waals surface area contributed by atoms with Gasteiger partial charge in [0.2, 0.25) is 0 Å². The monoisotopic (exact) mass is 453 g/mol. The fourth-order valence-corrected chi connectivity index (χ4v) is 3.78. The fraction of sp³-hybridized carbons (Fsp3) is 0.200. The molecule has 0 aliphatic carbocycles. The van der Waals surface area contributed by atoms with Gasteiger partial charge in [0.1, 0.15) is 30.8 Å². The summed E-state index contributed by atoms with van der Waals surface area (Å²) in [5.41, 5.74) is 3.57. The quantitative estimate of drug-likeness (QED) is 0.298. The summed E-state index contributed by atoms with van der Waals surface area (Å²) in [4.78, 5) is 2.25. The minimum Gasteiger partial charge on any atom is -0.491 e. The molecule has 1 atom stereocenters. The Hall–Kier alpha value is -3.60. The Morgan fingerprint density at radius 1 is 0.559 bits per heavy atom. The average molecular weight is 454 g/mol. The lowest BCUT2D eigenvalue weighted by molar-refractivity contribution is 0.0628. The Bertz CT molecular complexity index is 1040. The topological polar surface area (TPSA) is 41.9 Å². The Kier molecular flexibility index (Phi) is 8.72. The largest absolute Gasteiger partial charge is 0.491 e. The molecule has 4 heteroatoms. The highest BCUT2D eigenvalue weighted by molar-refractivity contribution is 5.31. The number of hydrogen-bond acceptors (Lipinski definition) is 4. The van der Waals surface area contributed by atoms with E-state index in [2.05, 4.69) is 29.2 Å². The molecule has 0 unspecified atom stereocenters. The second-order valence-corrected chi connectivity index (χ2v) is 8.35. The summed E-state index contributed by atoms with van der Waals surface area (Å²) in [6, 6.07) is 38.3. The summed E-state index contributed by atoms with van der Waals surface area (Å²) < 4.78 is 11.7. The van der Waals surface area contributed by atoms with Crippen LogP contribution in [0.3, 0.4) is 0 Å². The average Bonchev–Trinajstić information content (AvgIpc) is 2.89. The van der Waals surface area contributed by atoms with Crippen molar-refractivity contribution in [3.05, 3.63) is 132 Å². The lowest BCUT2D eigenvalue weighted by Gasteiger charge is -2.25. The third-order valence-electron chi connectivity index (χ3n) is 5.48. The van der Waals surface area contributed by atoms with E-state index < -0.39 is 6.10 Å². The van der Waals surface area contributed by atoms with Crippen molar-refractivity contribution in [3.63, 3.8) is 0 Å². The van der Waals surface area contributed by atoms with Gasteiger partial charge < -0.3 is 14.6 Å². The fourth-order valence-electron chi connectivity index (χ4n) is 3.78. The van der Waals surface area contributed by atoms with Crippen molar-refractivity contribution in [2.24, 2.45) is 0 Å². The van der Waals surface area contributed by atoms with Gasteiger partial charge in [-0.15, -0.1) is 0 Å². The SMILES string of the molecule is O[C@H](COc1ccc(OCc2ccccc2)cc1)CN(Cc1ccccc1)Cc1ccccc1. The third-order valence-corrected chi connectivity index (χ3v) is 5.48. The number of hydrogen-bond donors (Lipinski definition) is 1. The van der Waals surface area contributed by atoms with Crippen molar-refractivity contribution in [1.29, 1.82) is 0 Å². The summed E-state index contributed by atoms with van der Waals surface area (Å²) in [5.74, 6) is 1.50. The molecule has 1 N–H and O–H groups in total. The molecule has 4 nitrogen and oxygen atoms in total. The summed E-state index contributed by atoms with van der Waals surface area (Å²) in [6.07, 6.45) is -0.610. The van der Waals surface area contributed by atoms with Crippen molar-refractivity contribution in [3.8, 4) is 11.5 Å². The Morgan fingerprint density at radius 2 is 1.00 bits per heavy atom. The van der Waals surface area contributed by atoms with Crippen LogP contribution < -0.4 is 9.47 Å². The molecular weight excluding hydrogens is 422 g/mol. The predicted octanol–water partition coefficient (Wildman–Crippen LogP) is 5.71. The molecule has 0 fully saturated rings. The van der Waals surface area contributed by atoms with Gasteiger partial charge in [0.25, 0.3) is 0 Å². The van der Waals surface area contributed by atoms with Crippen molar-refractivity contribution in [2.75, 3.05) is 13.2 Å². The zero-order valence-corrected chi connectivity index (χ0v) is 19.3. The van der Waals surface area contributed by atoms with E-state index in [1.807, 2.05) is 91.0 Å². The van der Waals surface area contributed by atoms with E-state index in [9.17, 15) is 5.11 Å². The molecule has 0 spiro atoms. The zero-order valence-electron chi connectivity index (χ0n) is 19.3. The molecule has 0 saturated heterocycles.